The zero-order valence-corrected chi connectivity index (χ0v) is 19.8. The fraction of sp³-hybridized carbons (Fsp3) is 0.542. The maximum atomic E-state index is 13.9. The van der Waals surface area contributed by atoms with Crippen molar-refractivity contribution in [2.75, 3.05) is 26.2 Å². The number of alkyl halides is 3. The average Bonchev–Trinajstić information content (AvgIpc) is 3.38. The number of amides is 2. The third-order valence-electron chi connectivity index (χ3n) is 7.11. The van der Waals surface area contributed by atoms with Gasteiger partial charge in [0.1, 0.15) is 11.7 Å². The summed E-state index contributed by atoms with van der Waals surface area (Å²) in [6, 6.07) is 1.20. The molecule has 35 heavy (non-hydrogen) atoms. The summed E-state index contributed by atoms with van der Waals surface area (Å²) in [7, 11) is 0. The first-order valence-electron chi connectivity index (χ1n) is 11.9. The average molecular weight is 511 g/mol. The van der Waals surface area contributed by atoms with Gasteiger partial charge in [0.2, 0.25) is 5.91 Å². The second-order valence-electron chi connectivity index (χ2n) is 9.36. The van der Waals surface area contributed by atoms with Gasteiger partial charge in [-0.2, -0.15) is 13.2 Å². The van der Waals surface area contributed by atoms with Crippen LogP contribution in [0.1, 0.15) is 66.1 Å². The second-order valence-corrected chi connectivity index (χ2v) is 9.72. The van der Waals surface area contributed by atoms with Crippen molar-refractivity contribution in [3.63, 3.8) is 0 Å². The SMILES string of the molecule is O=C(c1nc2c(C(F)(F)F)cc(C3C=COC3)cn2c1Cl)N1CCN(C2CCCCCC2)C(=O)C1. The summed E-state index contributed by atoms with van der Waals surface area (Å²) in [5, 5.41) is -0.209. The molecule has 1 aliphatic carbocycles. The van der Waals surface area contributed by atoms with Crippen LogP contribution in [0, 0.1) is 0 Å². The van der Waals surface area contributed by atoms with Gasteiger partial charge in [-0.1, -0.05) is 37.3 Å². The molecule has 2 fully saturated rings. The molecule has 0 bridgehead atoms. The monoisotopic (exact) mass is 510 g/mol. The molecule has 1 saturated carbocycles. The van der Waals surface area contributed by atoms with Crippen molar-refractivity contribution in [1.82, 2.24) is 19.2 Å². The van der Waals surface area contributed by atoms with E-state index in [1.165, 1.54) is 30.2 Å². The minimum Gasteiger partial charge on any atom is -0.501 e. The Bertz CT molecular complexity index is 1170. The lowest BCUT2D eigenvalue weighted by Gasteiger charge is -2.38. The number of nitrogens with zero attached hydrogens (tertiary/aromatic N) is 4. The maximum absolute atomic E-state index is 13.9. The molecule has 3 aliphatic rings. The summed E-state index contributed by atoms with van der Waals surface area (Å²) in [6.07, 6.45) is 6.29. The van der Waals surface area contributed by atoms with Gasteiger partial charge in [-0.05, 0) is 30.5 Å². The normalized spacial score (nSPS) is 22.1. The van der Waals surface area contributed by atoms with E-state index in [0.717, 1.165) is 36.2 Å². The molecule has 188 valence electrons. The Hall–Kier alpha value is -2.75. The van der Waals surface area contributed by atoms with E-state index >= 15 is 0 Å². The predicted molar refractivity (Wildman–Crippen MR) is 122 cm³/mol. The third-order valence-corrected chi connectivity index (χ3v) is 7.47. The molecular formula is C24H26ClF3N4O3. The zero-order chi connectivity index (χ0) is 24.7. The van der Waals surface area contributed by atoms with Crippen LogP contribution < -0.4 is 0 Å². The summed E-state index contributed by atoms with van der Waals surface area (Å²) in [6.45, 7) is 0.758. The van der Waals surface area contributed by atoms with Gasteiger partial charge in [0.25, 0.3) is 5.91 Å². The first kappa shape index (κ1) is 24.0. The summed E-state index contributed by atoms with van der Waals surface area (Å²) >= 11 is 6.42. The van der Waals surface area contributed by atoms with Gasteiger partial charge in [-0.15, -0.1) is 0 Å². The van der Waals surface area contributed by atoms with Gasteiger partial charge in [-0.3, -0.25) is 14.0 Å². The minimum absolute atomic E-state index is 0.138. The molecule has 2 amide bonds. The van der Waals surface area contributed by atoms with E-state index in [1.54, 1.807) is 6.08 Å². The van der Waals surface area contributed by atoms with Crippen LogP contribution in [0.15, 0.2) is 24.6 Å². The molecule has 0 N–H and O–H groups in total. The van der Waals surface area contributed by atoms with E-state index < -0.39 is 23.3 Å². The number of imidazole rings is 1. The number of halogens is 4. The number of carbonyl (C=O) groups excluding carboxylic acids is 2. The molecule has 0 aromatic carbocycles. The lowest BCUT2D eigenvalue weighted by molar-refractivity contribution is -0.138. The molecule has 0 spiro atoms. The fourth-order valence-electron chi connectivity index (χ4n) is 5.22. The summed E-state index contributed by atoms with van der Waals surface area (Å²) in [4.78, 5) is 33.3. The topological polar surface area (TPSA) is 67.2 Å². The van der Waals surface area contributed by atoms with Crippen molar-refractivity contribution >= 4 is 29.1 Å². The van der Waals surface area contributed by atoms with Crippen LogP contribution in [0.3, 0.4) is 0 Å². The molecule has 2 aromatic rings. The zero-order valence-electron chi connectivity index (χ0n) is 19.1. The highest BCUT2D eigenvalue weighted by Crippen LogP contribution is 2.37. The first-order chi connectivity index (χ1) is 16.7. The second kappa shape index (κ2) is 9.37. The Balaban J connectivity index is 1.42. The van der Waals surface area contributed by atoms with Crippen molar-refractivity contribution in [1.29, 1.82) is 0 Å². The molecule has 11 heteroatoms. The van der Waals surface area contributed by atoms with E-state index in [2.05, 4.69) is 4.98 Å². The van der Waals surface area contributed by atoms with E-state index in [1.807, 2.05) is 4.90 Å². The number of hydrogen-bond donors (Lipinski definition) is 0. The number of carbonyl (C=O) groups is 2. The van der Waals surface area contributed by atoms with Gasteiger partial charge in [0.15, 0.2) is 11.3 Å². The third kappa shape index (κ3) is 4.60. The maximum Gasteiger partial charge on any atom is 0.419 e. The number of ether oxygens (including phenoxy) is 1. The highest BCUT2D eigenvalue weighted by molar-refractivity contribution is 6.33. The number of aromatic nitrogens is 2. The molecule has 0 radical (unpaired) electrons. The molecular weight excluding hydrogens is 485 g/mol. The van der Waals surface area contributed by atoms with Crippen LogP contribution >= 0.6 is 11.6 Å². The standard InChI is InChI=1S/C24H26ClF3N4O3/c25-21-20(23(34)30-8-9-31(19(33)13-30)17-5-3-1-2-4-6-17)29-22-18(24(26,27)28)11-16(12-32(21)22)15-7-10-35-14-15/h7,10-12,15,17H,1-6,8-9,13-14H2. The van der Waals surface area contributed by atoms with Crippen molar-refractivity contribution < 1.29 is 27.5 Å². The number of hydrogen-bond acceptors (Lipinski definition) is 4. The van der Waals surface area contributed by atoms with Gasteiger partial charge < -0.3 is 14.5 Å². The molecule has 4 heterocycles. The largest absolute Gasteiger partial charge is 0.501 e. The van der Waals surface area contributed by atoms with E-state index in [-0.39, 0.29) is 48.4 Å². The Labute approximate surface area is 205 Å². The smallest absolute Gasteiger partial charge is 0.419 e. The molecule has 1 unspecified atom stereocenters. The van der Waals surface area contributed by atoms with Crippen molar-refractivity contribution in [2.24, 2.45) is 0 Å². The summed E-state index contributed by atoms with van der Waals surface area (Å²) < 4.78 is 47.9. The first-order valence-corrected chi connectivity index (χ1v) is 12.3. The van der Waals surface area contributed by atoms with Crippen molar-refractivity contribution in [3.8, 4) is 0 Å². The lowest BCUT2D eigenvalue weighted by atomic mass is 10.0. The van der Waals surface area contributed by atoms with E-state index in [9.17, 15) is 22.8 Å². The van der Waals surface area contributed by atoms with Crippen LogP contribution in [0.2, 0.25) is 5.15 Å². The molecule has 2 aliphatic heterocycles. The summed E-state index contributed by atoms with van der Waals surface area (Å²) in [5.41, 5.74) is -1.36. The van der Waals surface area contributed by atoms with Gasteiger partial charge in [0.05, 0.1) is 18.4 Å². The summed E-state index contributed by atoms with van der Waals surface area (Å²) in [5.74, 6) is -1.16. The number of piperazine rings is 1. The quantitative estimate of drug-likeness (QED) is 0.564. The van der Waals surface area contributed by atoms with Crippen LogP contribution in [0.5, 0.6) is 0 Å². The fourth-order valence-corrected chi connectivity index (χ4v) is 5.48. The van der Waals surface area contributed by atoms with Gasteiger partial charge >= 0.3 is 6.18 Å². The Morgan fingerprint density at radius 1 is 1.14 bits per heavy atom. The van der Waals surface area contributed by atoms with Crippen molar-refractivity contribution in [2.45, 2.75) is 56.7 Å². The van der Waals surface area contributed by atoms with Crippen molar-refractivity contribution in [3.05, 3.63) is 46.6 Å². The van der Waals surface area contributed by atoms with E-state index in [0.29, 0.717) is 12.1 Å². The minimum atomic E-state index is -4.70. The van der Waals surface area contributed by atoms with E-state index in [4.69, 9.17) is 16.3 Å². The van der Waals surface area contributed by atoms with Crippen LogP contribution in [-0.2, 0) is 15.7 Å². The number of fused-ring (bicyclic) bond motifs is 1. The Kier molecular flexibility index (Phi) is 6.41. The molecule has 1 atom stereocenters. The number of rotatable bonds is 3. The molecule has 5 rings (SSSR count). The molecule has 1 saturated heterocycles. The Morgan fingerprint density at radius 3 is 2.51 bits per heavy atom. The lowest BCUT2D eigenvalue weighted by Crippen LogP contribution is -2.55. The molecule has 7 nitrogen and oxygen atoms in total. The van der Waals surface area contributed by atoms with Gasteiger partial charge in [0, 0.05) is 31.2 Å². The number of pyridine rings is 1. The van der Waals surface area contributed by atoms with Crippen LogP contribution in [0.25, 0.3) is 5.65 Å². The predicted octanol–water partition coefficient (Wildman–Crippen LogP) is 4.64. The Morgan fingerprint density at radius 2 is 1.89 bits per heavy atom. The highest BCUT2D eigenvalue weighted by atomic mass is 35.5. The van der Waals surface area contributed by atoms with Gasteiger partial charge in [-0.25, -0.2) is 4.98 Å². The molecule has 2 aromatic heterocycles. The highest BCUT2D eigenvalue weighted by Gasteiger charge is 2.38. The van der Waals surface area contributed by atoms with Crippen LogP contribution in [-0.4, -0.2) is 63.3 Å². The van der Waals surface area contributed by atoms with Crippen LogP contribution in [0.4, 0.5) is 13.2 Å².